The van der Waals surface area contributed by atoms with E-state index in [-0.39, 0.29) is 0 Å². The first-order valence-corrected chi connectivity index (χ1v) is 9.62. The van der Waals surface area contributed by atoms with Crippen molar-refractivity contribution in [1.29, 1.82) is 0 Å². The zero-order valence-corrected chi connectivity index (χ0v) is 14.6. The maximum atomic E-state index is 10.5. The number of unbranched alkanes of at least 4 members (excludes halogenated alkanes) is 6. The molecule has 1 rings (SSSR count). The number of nitrogens with two attached hydrogens (primary N) is 1. The van der Waals surface area contributed by atoms with Crippen molar-refractivity contribution in [2.45, 2.75) is 103 Å². The van der Waals surface area contributed by atoms with Gasteiger partial charge in [-0.05, 0) is 31.1 Å². The van der Waals surface area contributed by atoms with Crippen molar-refractivity contribution >= 4 is 5.97 Å². The Bertz CT molecular complexity index is 293. The predicted molar refractivity (Wildman–Crippen MR) is 92.9 cm³/mol. The molecule has 1 saturated carbocycles. The Kier molecular flexibility index (Phi) is 10.6. The molecule has 1 fully saturated rings. The van der Waals surface area contributed by atoms with E-state index in [4.69, 9.17) is 10.8 Å². The summed E-state index contributed by atoms with van der Waals surface area (Å²) < 4.78 is 0. The van der Waals surface area contributed by atoms with Gasteiger partial charge in [0.1, 0.15) is 0 Å². The van der Waals surface area contributed by atoms with E-state index < -0.39 is 5.97 Å². The molecule has 0 spiro atoms. The summed E-state index contributed by atoms with van der Waals surface area (Å²) >= 11 is 0. The molecule has 3 nitrogen and oxygen atoms in total. The summed E-state index contributed by atoms with van der Waals surface area (Å²) in [6.45, 7) is 2.27. The highest BCUT2D eigenvalue weighted by Gasteiger charge is 2.29. The van der Waals surface area contributed by atoms with E-state index in [9.17, 15) is 4.79 Å². The fourth-order valence-corrected chi connectivity index (χ4v) is 4.04. The van der Waals surface area contributed by atoms with Crippen LogP contribution in [0.3, 0.4) is 0 Å². The third kappa shape index (κ3) is 8.17. The quantitative estimate of drug-likeness (QED) is 0.491. The Morgan fingerprint density at radius 2 is 1.68 bits per heavy atom. The van der Waals surface area contributed by atoms with Gasteiger partial charge in [-0.1, -0.05) is 71.1 Å². The number of aliphatic carboxylic acids is 1. The van der Waals surface area contributed by atoms with Crippen LogP contribution in [0.25, 0.3) is 0 Å². The third-order valence-electron chi connectivity index (χ3n) is 5.37. The van der Waals surface area contributed by atoms with Gasteiger partial charge in [-0.15, -0.1) is 0 Å². The number of carboxylic acids is 1. The van der Waals surface area contributed by atoms with E-state index in [1.54, 1.807) is 0 Å². The molecule has 3 heteroatoms. The zero-order valence-electron chi connectivity index (χ0n) is 14.6. The van der Waals surface area contributed by atoms with Crippen molar-refractivity contribution in [2.24, 2.45) is 17.6 Å². The van der Waals surface area contributed by atoms with E-state index in [1.165, 1.54) is 70.6 Å². The van der Waals surface area contributed by atoms with Crippen molar-refractivity contribution in [3.8, 4) is 0 Å². The van der Waals surface area contributed by atoms with Crippen LogP contribution in [0.2, 0.25) is 0 Å². The van der Waals surface area contributed by atoms with Crippen LogP contribution >= 0.6 is 0 Å². The molecule has 0 aromatic carbocycles. The van der Waals surface area contributed by atoms with E-state index in [0.29, 0.717) is 12.5 Å². The SMILES string of the molecule is CCCCCC[C@@H]1CCC[C@H](N)[C@@H]1CCCCCCC(=O)O. The molecule has 0 unspecified atom stereocenters. The lowest BCUT2D eigenvalue weighted by Crippen LogP contribution is -2.38. The number of hydrogen-bond acceptors (Lipinski definition) is 2. The second kappa shape index (κ2) is 11.9. The van der Waals surface area contributed by atoms with Crippen molar-refractivity contribution in [1.82, 2.24) is 0 Å². The number of rotatable bonds is 12. The Morgan fingerprint density at radius 3 is 2.41 bits per heavy atom. The van der Waals surface area contributed by atoms with Gasteiger partial charge in [0.05, 0.1) is 0 Å². The van der Waals surface area contributed by atoms with Gasteiger partial charge in [-0.25, -0.2) is 0 Å². The lowest BCUT2D eigenvalue weighted by atomic mass is 9.72. The van der Waals surface area contributed by atoms with Crippen molar-refractivity contribution in [3.05, 3.63) is 0 Å². The van der Waals surface area contributed by atoms with E-state index in [1.807, 2.05) is 0 Å². The zero-order chi connectivity index (χ0) is 16.2. The Balaban J connectivity index is 2.21. The van der Waals surface area contributed by atoms with Crippen LogP contribution in [-0.2, 0) is 4.79 Å². The minimum absolute atomic E-state index is 0.322. The van der Waals surface area contributed by atoms with Gasteiger partial charge in [-0.3, -0.25) is 4.79 Å². The minimum atomic E-state index is -0.665. The van der Waals surface area contributed by atoms with Crippen LogP contribution in [0.5, 0.6) is 0 Å². The predicted octanol–water partition coefficient (Wildman–Crippen LogP) is 5.13. The summed E-state index contributed by atoms with van der Waals surface area (Å²) in [5.41, 5.74) is 6.40. The standard InChI is InChI=1S/C19H37NO2/c1-2-3-4-7-11-16-12-10-14-18(20)17(16)13-8-5-6-9-15-19(21)22/h16-18H,2-15,20H2,1H3,(H,21,22)/t16-,17-,18+/m1/s1. The molecule has 0 amide bonds. The average Bonchev–Trinajstić information content (AvgIpc) is 2.49. The van der Waals surface area contributed by atoms with Crippen LogP contribution in [0.4, 0.5) is 0 Å². The molecular formula is C19H37NO2. The number of carboxylic acid groups (broad SMARTS) is 1. The first-order chi connectivity index (χ1) is 10.6. The molecule has 0 radical (unpaired) electrons. The molecule has 0 bridgehead atoms. The largest absolute Gasteiger partial charge is 0.481 e. The first kappa shape index (κ1) is 19.5. The van der Waals surface area contributed by atoms with Gasteiger partial charge in [0.25, 0.3) is 0 Å². The van der Waals surface area contributed by atoms with Crippen LogP contribution in [0.1, 0.15) is 96.8 Å². The van der Waals surface area contributed by atoms with Crippen LogP contribution in [0.15, 0.2) is 0 Å². The molecule has 3 N–H and O–H groups in total. The van der Waals surface area contributed by atoms with Gasteiger partial charge in [0.2, 0.25) is 0 Å². The Hall–Kier alpha value is -0.570. The summed E-state index contributed by atoms with van der Waals surface area (Å²) in [5, 5.41) is 8.65. The first-order valence-electron chi connectivity index (χ1n) is 9.62. The maximum Gasteiger partial charge on any atom is 0.303 e. The monoisotopic (exact) mass is 311 g/mol. The van der Waals surface area contributed by atoms with E-state index in [2.05, 4.69) is 6.92 Å². The smallest absolute Gasteiger partial charge is 0.303 e. The summed E-state index contributed by atoms with van der Waals surface area (Å²) in [6, 6.07) is 0.406. The van der Waals surface area contributed by atoms with Gasteiger partial charge in [0.15, 0.2) is 0 Å². The van der Waals surface area contributed by atoms with Crippen molar-refractivity contribution in [2.75, 3.05) is 0 Å². The summed E-state index contributed by atoms with van der Waals surface area (Å²) in [6.07, 6.45) is 16.5. The Labute approximate surface area is 137 Å². The number of carbonyl (C=O) groups is 1. The second-order valence-electron chi connectivity index (χ2n) is 7.21. The lowest BCUT2D eigenvalue weighted by Gasteiger charge is -2.37. The minimum Gasteiger partial charge on any atom is -0.481 e. The van der Waals surface area contributed by atoms with E-state index in [0.717, 1.165) is 24.7 Å². The topological polar surface area (TPSA) is 63.3 Å². The highest BCUT2D eigenvalue weighted by Crippen LogP contribution is 2.36. The van der Waals surface area contributed by atoms with Crippen LogP contribution in [-0.4, -0.2) is 17.1 Å². The molecule has 1 aliphatic rings. The molecule has 130 valence electrons. The normalized spacial score (nSPS) is 25.3. The van der Waals surface area contributed by atoms with Gasteiger partial charge in [-0.2, -0.15) is 0 Å². The van der Waals surface area contributed by atoms with Gasteiger partial charge >= 0.3 is 5.97 Å². The van der Waals surface area contributed by atoms with Gasteiger partial charge in [0, 0.05) is 12.5 Å². The van der Waals surface area contributed by atoms with Crippen molar-refractivity contribution < 1.29 is 9.90 Å². The fourth-order valence-electron chi connectivity index (χ4n) is 4.04. The van der Waals surface area contributed by atoms with Gasteiger partial charge < -0.3 is 10.8 Å². The molecular weight excluding hydrogens is 274 g/mol. The molecule has 0 saturated heterocycles. The molecule has 1 aliphatic carbocycles. The van der Waals surface area contributed by atoms with E-state index >= 15 is 0 Å². The highest BCUT2D eigenvalue weighted by molar-refractivity contribution is 5.66. The molecule has 22 heavy (non-hydrogen) atoms. The molecule has 0 aromatic rings. The maximum absolute atomic E-state index is 10.5. The summed E-state index contributed by atoms with van der Waals surface area (Å²) in [7, 11) is 0. The lowest BCUT2D eigenvalue weighted by molar-refractivity contribution is -0.137. The Morgan fingerprint density at radius 1 is 1.00 bits per heavy atom. The summed E-state index contributed by atoms with van der Waals surface area (Å²) in [4.78, 5) is 10.5. The average molecular weight is 312 g/mol. The van der Waals surface area contributed by atoms with Crippen LogP contribution < -0.4 is 5.73 Å². The molecule has 0 heterocycles. The summed E-state index contributed by atoms with van der Waals surface area (Å²) in [5.74, 6) is 0.899. The molecule has 3 atom stereocenters. The fraction of sp³-hybridized carbons (Fsp3) is 0.947. The molecule has 0 aliphatic heterocycles. The van der Waals surface area contributed by atoms with Crippen molar-refractivity contribution in [3.63, 3.8) is 0 Å². The third-order valence-corrected chi connectivity index (χ3v) is 5.37. The second-order valence-corrected chi connectivity index (χ2v) is 7.21. The van der Waals surface area contributed by atoms with Crippen LogP contribution in [0, 0.1) is 11.8 Å². The highest BCUT2D eigenvalue weighted by atomic mass is 16.4. The molecule has 0 aromatic heterocycles. The number of hydrogen-bond donors (Lipinski definition) is 2.